The molecule has 0 bridgehead atoms. The lowest BCUT2D eigenvalue weighted by Gasteiger charge is -2.19. The molecule has 0 heterocycles. The molecule has 0 aliphatic rings. The van der Waals surface area contributed by atoms with E-state index in [0.29, 0.717) is 175 Å². The molecule has 4 aromatic rings. The molecule has 0 amide bonds. The summed E-state index contributed by atoms with van der Waals surface area (Å²) in [5, 5.41) is 0. The summed E-state index contributed by atoms with van der Waals surface area (Å²) in [6.07, 6.45) is 3.70. The zero-order chi connectivity index (χ0) is 69.5. The quantitative estimate of drug-likeness (QED) is 0.0380. The van der Waals surface area contributed by atoms with Crippen LogP contribution in [0.25, 0.3) is 0 Å². The summed E-state index contributed by atoms with van der Waals surface area (Å²) < 4.78 is 109. The van der Waals surface area contributed by atoms with Crippen molar-refractivity contribution in [1.82, 2.24) is 0 Å². The highest BCUT2D eigenvalue weighted by molar-refractivity contribution is 5.42. The average molecular weight is 1330 g/mol. The SMILES string of the molecule is COCCCc1cc(COc2cc(CC(C)C)cc(OCc3cc(OCCOC)cc(OCCOC)c3)c2)cc(OCCOC)c1.COCCOCC(C)(C)C.COCCOCC(COCCOC)OCC(C)C.COCCOc1cc(CC(C)C)cc(OCCOC)c1. The van der Waals surface area contributed by atoms with Crippen LogP contribution >= 0.6 is 0 Å². The van der Waals surface area contributed by atoms with Crippen LogP contribution in [0.4, 0.5) is 0 Å². The molecule has 20 nitrogen and oxygen atoms in total. The Labute approximate surface area is 566 Å². The van der Waals surface area contributed by atoms with Crippen molar-refractivity contribution in [1.29, 1.82) is 0 Å². The van der Waals surface area contributed by atoms with Crippen molar-refractivity contribution in [3.05, 3.63) is 101 Å². The lowest BCUT2D eigenvalue weighted by molar-refractivity contribution is -0.0755. The summed E-state index contributed by atoms with van der Waals surface area (Å²) in [5.74, 6) is 6.91. The van der Waals surface area contributed by atoms with Crippen LogP contribution in [0, 0.1) is 23.2 Å². The molecule has 0 radical (unpaired) electrons. The van der Waals surface area contributed by atoms with Gasteiger partial charge in [-0.15, -0.1) is 0 Å². The van der Waals surface area contributed by atoms with Crippen LogP contribution < -0.4 is 33.2 Å². The molecular weight excluding hydrogens is 1210 g/mol. The summed E-state index contributed by atoms with van der Waals surface area (Å²) in [5.41, 5.74) is 5.79. The average Bonchev–Trinajstić information content (AvgIpc) is 0.943. The largest absolute Gasteiger partial charge is 0.491 e. The first-order valence-electron chi connectivity index (χ1n) is 33.0. The van der Waals surface area contributed by atoms with E-state index in [9.17, 15) is 0 Å². The normalized spacial score (nSPS) is 11.3. The highest BCUT2D eigenvalue weighted by atomic mass is 16.6. The van der Waals surface area contributed by atoms with Crippen molar-refractivity contribution in [3.8, 4) is 40.2 Å². The first-order chi connectivity index (χ1) is 45.3. The third-order valence-electron chi connectivity index (χ3n) is 12.6. The molecule has 4 aromatic carbocycles. The van der Waals surface area contributed by atoms with Gasteiger partial charge in [0.05, 0.1) is 92.5 Å². The maximum absolute atomic E-state index is 6.37. The molecule has 4 rings (SSSR count). The van der Waals surface area contributed by atoms with E-state index in [1.54, 1.807) is 64.0 Å². The van der Waals surface area contributed by atoms with E-state index in [0.717, 1.165) is 77.7 Å². The van der Waals surface area contributed by atoms with Crippen molar-refractivity contribution in [2.75, 3.05) is 203 Å². The zero-order valence-corrected chi connectivity index (χ0v) is 61.0. The minimum Gasteiger partial charge on any atom is -0.491 e. The topological polar surface area (TPSA) is 185 Å². The minimum atomic E-state index is -0.0267. The second kappa shape index (κ2) is 57.1. The summed E-state index contributed by atoms with van der Waals surface area (Å²) in [4.78, 5) is 0. The fourth-order valence-corrected chi connectivity index (χ4v) is 8.37. The van der Waals surface area contributed by atoms with Gasteiger partial charge in [-0.2, -0.15) is 0 Å². The van der Waals surface area contributed by atoms with Gasteiger partial charge in [-0.3, -0.25) is 0 Å². The number of aryl methyl sites for hydroxylation is 1. The van der Waals surface area contributed by atoms with E-state index in [2.05, 4.69) is 98.7 Å². The number of hydrogen-bond donors (Lipinski definition) is 0. The van der Waals surface area contributed by atoms with Crippen LogP contribution in [0.3, 0.4) is 0 Å². The van der Waals surface area contributed by atoms with Gasteiger partial charge in [0, 0.05) is 95.4 Å². The van der Waals surface area contributed by atoms with Gasteiger partial charge in [-0.25, -0.2) is 0 Å². The first-order valence-corrected chi connectivity index (χ1v) is 33.0. The Morgan fingerprint density at radius 3 is 0.915 bits per heavy atom. The number of ether oxygens (including phenoxy) is 20. The lowest BCUT2D eigenvalue weighted by atomic mass is 9.99. The molecule has 0 aromatic heterocycles. The van der Waals surface area contributed by atoms with Crippen LogP contribution in [0.2, 0.25) is 0 Å². The van der Waals surface area contributed by atoms with Crippen molar-refractivity contribution >= 4 is 0 Å². The Balaban J connectivity index is 0.000000753. The van der Waals surface area contributed by atoms with Crippen molar-refractivity contribution in [2.24, 2.45) is 23.2 Å². The Kier molecular flexibility index (Phi) is 52.8. The summed E-state index contributed by atoms with van der Waals surface area (Å²) >= 11 is 0. The predicted octanol–water partition coefficient (Wildman–Crippen LogP) is 12.7. The van der Waals surface area contributed by atoms with Gasteiger partial charge in [0.25, 0.3) is 0 Å². The van der Waals surface area contributed by atoms with Crippen LogP contribution in [0.15, 0.2) is 72.8 Å². The van der Waals surface area contributed by atoms with E-state index in [-0.39, 0.29) is 11.5 Å². The van der Waals surface area contributed by atoms with Crippen molar-refractivity contribution in [3.63, 3.8) is 0 Å². The number of hydrogen-bond acceptors (Lipinski definition) is 20. The van der Waals surface area contributed by atoms with Gasteiger partial charge < -0.3 is 94.7 Å². The van der Waals surface area contributed by atoms with Crippen LogP contribution in [-0.2, 0) is 94.1 Å². The highest BCUT2D eigenvalue weighted by Gasteiger charge is 2.14. The molecule has 0 unspecified atom stereocenters. The predicted molar refractivity (Wildman–Crippen MR) is 371 cm³/mol. The van der Waals surface area contributed by atoms with E-state index in [1.807, 2.05) is 36.4 Å². The summed E-state index contributed by atoms with van der Waals surface area (Å²) in [7, 11) is 15.0. The summed E-state index contributed by atoms with van der Waals surface area (Å²) in [6, 6.07) is 24.2. The maximum Gasteiger partial charge on any atom is 0.123 e. The number of benzene rings is 4. The van der Waals surface area contributed by atoms with E-state index in [4.69, 9.17) is 94.7 Å². The van der Waals surface area contributed by atoms with Crippen LogP contribution in [-0.4, -0.2) is 209 Å². The van der Waals surface area contributed by atoms with Gasteiger partial charge >= 0.3 is 0 Å². The standard InChI is InChI=1S/C37H52O9.C16H26O4.C13H28O5.C8H18O2/c1-28(2)16-30-19-36(45-26-31-17-29(8-7-9-38-3)18-33(21-31)42-13-10-39-4)25-37(20-30)46-27-32-22-34(43-14-11-40-5)24-35(23-32)44-15-12-41-6;1-13(2)9-14-10-15(19-7-5-17-3)12-16(11-14)20-8-6-18-4;1-12(2)9-18-13(10-16-7-5-14-3)11-17-8-6-15-4;1-8(2,3)7-10-6-5-9-4/h17-25,28H,7-16,26-27H2,1-6H3;10-13H,5-9H2,1-4H3;12-13H,5-11H2,1-4H3;5-7H2,1-4H3. The molecule has 0 fully saturated rings. The Morgan fingerprint density at radius 1 is 0.287 bits per heavy atom. The number of methoxy groups -OCH3 is 9. The van der Waals surface area contributed by atoms with Crippen molar-refractivity contribution < 1.29 is 94.7 Å². The van der Waals surface area contributed by atoms with E-state index in [1.165, 1.54) is 11.1 Å². The molecule has 0 saturated carbocycles. The fraction of sp³-hybridized carbons (Fsp3) is 0.676. The van der Waals surface area contributed by atoms with Gasteiger partial charge in [-0.1, -0.05) is 68.4 Å². The van der Waals surface area contributed by atoms with Gasteiger partial charge in [0.1, 0.15) is 92.6 Å². The van der Waals surface area contributed by atoms with Crippen LogP contribution in [0.5, 0.6) is 40.2 Å². The molecule has 94 heavy (non-hydrogen) atoms. The van der Waals surface area contributed by atoms with Crippen molar-refractivity contribution in [2.45, 2.75) is 107 Å². The third kappa shape index (κ3) is 48.6. The minimum absolute atomic E-state index is 0.0267. The lowest BCUT2D eigenvalue weighted by Crippen LogP contribution is -2.28. The van der Waals surface area contributed by atoms with E-state index >= 15 is 0 Å². The summed E-state index contributed by atoms with van der Waals surface area (Å²) in [6.45, 7) is 32.4. The van der Waals surface area contributed by atoms with E-state index < -0.39 is 0 Å². The monoisotopic (exact) mass is 1330 g/mol. The smallest absolute Gasteiger partial charge is 0.123 e. The van der Waals surface area contributed by atoms with Gasteiger partial charge in [0.2, 0.25) is 0 Å². The molecule has 0 saturated heterocycles. The molecular formula is C74H124O20. The molecule has 0 N–H and O–H groups in total. The third-order valence-corrected chi connectivity index (χ3v) is 12.6. The molecule has 0 aliphatic heterocycles. The molecule has 0 atom stereocenters. The Bertz CT molecular complexity index is 2210. The molecule has 540 valence electrons. The first kappa shape index (κ1) is 87.0. The molecule has 0 aliphatic carbocycles. The van der Waals surface area contributed by atoms with Gasteiger partial charge in [0.15, 0.2) is 0 Å². The second-order valence-electron chi connectivity index (χ2n) is 24.6. The molecule has 20 heteroatoms. The van der Waals surface area contributed by atoms with Crippen LogP contribution in [0.1, 0.15) is 96.6 Å². The highest BCUT2D eigenvalue weighted by Crippen LogP contribution is 2.30. The van der Waals surface area contributed by atoms with Gasteiger partial charge in [-0.05, 0) is 125 Å². The zero-order valence-electron chi connectivity index (χ0n) is 61.0. The number of rotatable bonds is 51. The molecule has 0 spiro atoms. The Hall–Kier alpha value is -5.04. The second-order valence-corrected chi connectivity index (χ2v) is 24.6. The fourth-order valence-electron chi connectivity index (χ4n) is 8.37. The maximum atomic E-state index is 6.37. The Morgan fingerprint density at radius 2 is 0.585 bits per heavy atom.